The van der Waals surface area contributed by atoms with Crippen LogP contribution in [0.25, 0.3) is 0 Å². The van der Waals surface area contributed by atoms with Gasteiger partial charge in [0, 0.05) is 42.1 Å². The van der Waals surface area contributed by atoms with Gasteiger partial charge >= 0.3 is 11.9 Å². The molecule has 298 valence electrons. The van der Waals surface area contributed by atoms with Gasteiger partial charge in [0.1, 0.15) is 0 Å². The van der Waals surface area contributed by atoms with Crippen molar-refractivity contribution in [1.82, 2.24) is 4.31 Å². The van der Waals surface area contributed by atoms with E-state index in [9.17, 15) is 32.7 Å². The number of carboxylic acid groups (broad SMARTS) is 2. The van der Waals surface area contributed by atoms with Gasteiger partial charge in [0.15, 0.2) is 0 Å². The van der Waals surface area contributed by atoms with Crippen LogP contribution in [0.4, 0.5) is 17.1 Å². The molecule has 4 N–H and O–H groups in total. The first kappa shape index (κ1) is 39.7. The molecule has 1 aliphatic heterocycles. The Morgan fingerprint density at radius 3 is 1.88 bits per heavy atom. The number of piperidine rings is 1. The molecule has 1 heterocycles. The highest BCUT2D eigenvalue weighted by Crippen LogP contribution is 2.39. The maximum atomic E-state index is 14.1. The van der Waals surface area contributed by atoms with Crippen LogP contribution in [-0.4, -0.2) is 71.9 Å². The Morgan fingerprint density at radius 2 is 1.28 bits per heavy atom. The SMILES string of the molecule is O=C(O)c1ccc(CCc2ccc(NC(=O)c3cc(N4CCCCC4)ccc3NC(=O)c3cccc(S(=O)(=O)N(C4CC4)[C@H]4CC[C@H](C(=O)O)CC4)c3)cc2)cc1. The van der Waals surface area contributed by atoms with E-state index in [4.69, 9.17) is 5.11 Å². The molecule has 3 aliphatic rings. The third-order valence-electron chi connectivity index (χ3n) is 11.3. The Bertz CT molecular complexity index is 2230. The number of rotatable bonds is 14. The standard InChI is InChI=1S/C44H48N4O8S/c49-41(33-5-4-6-38(27-33)57(55,56)48(36-21-22-36)35-19-15-32(16-20-35)44(53)54)46-40-24-23-37(47-25-2-1-3-26-47)28-39(40)42(50)45-34-17-11-30(12-18-34)8-7-29-9-13-31(14-10-29)43(51)52/h4-6,9-14,17-18,23-24,27-28,32,35-36H,1-3,7-8,15-16,19-22,25-26H2,(H,45,50)(H,46,49)(H,51,52)(H,53,54)/t32-,35-. The summed E-state index contributed by atoms with van der Waals surface area (Å²) in [7, 11) is -3.99. The zero-order valence-corrected chi connectivity index (χ0v) is 32.5. The number of aryl methyl sites for hydroxylation is 2. The monoisotopic (exact) mass is 792 g/mol. The molecular formula is C44H48N4O8S. The number of anilines is 3. The van der Waals surface area contributed by atoms with Crippen LogP contribution < -0.4 is 15.5 Å². The number of benzene rings is 4. The lowest BCUT2D eigenvalue weighted by atomic mass is 9.86. The van der Waals surface area contributed by atoms with Crippen molar-refractivity contribution >= 4 is 50.8 Å². The van der Waals surface area contributed by atoms with Crippen molar-refractivity contribution < 1.29 is 37.8 Å². The Labute approximate surface area is 332 Å². The van der Waals surface area contributed by atoms with Gasteiger partial charge in [-0.25, -0.2) is 13.2 Å². The first-order valence-corrected chi connectivity index (χ1v) is 21.2. The first-order chi connectivity index (χ1) is 27.5. The topological polar surface area (TPSA) is 173 Å². The maximum Gasteiger partial charge on any atom is 0.335 e. The van der Waals surface area contributed by atoms with Crippen molar-refractivity contribution in [2.75, 3.05) is 28.6 Å². The quantitative estimate of drug-likeness (QED) is 0.101. The molecule has 1 saturated heterocycles. The van der Waals surface area contributed by atoms with Gasteiger partial charge in [-0.2, -0.15) is 4.31 Å². The highest BCUT2D eigenvalue weighted by Gasteiger charge is 2.44. The van der Waals surface area contributed by atoms with Crippen LogP contribution in [0, 0.1) is 5.92 Å². The molecule has 4 aromatic carbocycles. The van der Waals surface area contributed by atoms with Crippen LogP contribution >= 0.6 is 0 Å². The number of carbonyl (C=O) groups is 4. The number of amides is 2. The number of aliphatic carboxylic acids is 1. The lowest BCUT2D eigenvalue weighted by Gasteiger charge is -2.35. The van der Waals surface area contributed by atoms with Gasteiger partial charge in [-0.15, -0.1) is 0 Å². The van der Waals surface area contributed by atoms with Crippen molar-refractivity contribution in [3.05, 3.63) is 119 Å². The molecular weight excluding hydrogens is 745 g/mol. The summed E-state index contributed by atoms with van der Waals surface area (Å²) in [5, 5.41) is 24.5. The largest absolute Gasteiger partial charge is 0.481 e. The Kier molecular flexibility index (Phi) is 12.1. The number of carbonyl (C=O) groups excluding carboxylic acids is 2. The number of aromatic carboxylic acids is 1. The van der Waals surface area contributed by atoms with E-state index in [1.807, 2.05) is 42.5 Å². The normalized spacial score (nSPS) is 18.5. The van der Waals surface area contributed by atoms with Crippen LogP contribution in [-0.2, 0) is 27.7 Å². The van der Waals surface area contributed by atoms with E-state index in [-0.39, 0.29) is 39.4 Å². The molecule has 0 radical (unpaired) electrons. The van der Waals surface area contributed by atoms with E-state index in [0.29, 0.717) is 31.4 Å². The van der Waals surface area contributed by atoms with Gasteiger partial charge < -0.3 is 25.7 Å². The summed E-state index contributed by atoms with van der Waals surface area (Å²) in [4.78, 5) is 52.7. The molecule has 3 fully saturated rings. The summed E-state index contributed by atoms with van der Waals surface area (Å²) in [5.74, 6) is -3.25. The Hall–Kier alpha value is -5.53. The minimum absolute atomic E-state index is 0.000333. The zero-order valence-electron chi connectivity index (χ0n) is 31.7. The second kappa shape index (κ2) is 17.3. The second-order valence-electron chi connectivity index (χ2n) is 15.3. The highest BCUT2D eigenvalue weighted by molar-refractivity contribution is 7.89. The summed E-state index contributed by atoms with van der Waals surface area (Å²) in [5.41, 5.74) is 4.43. The molecule has 2 saturated carbocycles. The molecule has 0 aromatic heterocycles. The lowest BCUT2D eigenvalue weighted by Crippen LogP contribution is -2.44. The van der Waals surface area contributed by atoms with E-state index in [1.165, 1.54) is 12.1 Å². The van der Waals surface area contributed by atoms with Gasteiger partial charge in [-0.1, -0.05) is 30.3 Å². The molecule has 0 unspecified atom stereocenters. The Morgan fingerprint density at radius 1 is 0.667 bits per heavy atom. The predicted octanol–water partition coefficient (Wildman–Crippen LogP) is 7.46. The number of hydrogen-bond donors (Lipinski definition) is 4. The van der Waals surface area contributed by atoms with Gasteiger partial charge in [-0.3, -0.25) is 14.4 Å². The number of nitrogens with one attached hydrogen (secondary N) is 2. The summed E-state index contributed by atoms with van der Waals surface area (Å²) >= 11 is 0. The Balaban J connectivity index is 1.07. The van der Waals surface area contributed by atoms with Gasteiger partial charge in [-0.05, 0) is 142 Å². The fraction of sp³-hybridized carbons (Fsp3) is 0.364. The van der Waals surface area contributed by atoms with E-state index < -0.39 is 39.7 Å². The number of nitrogens with zero attached hydrogens (tertiary/aromatic N) is 2. The first-order valence-electron chi connectivity index (χ1n) is 19.8. The molecule has 4 aromatic rings. The molecule has 12 nitrogen and oxygen atoms in total. The van der Waals surface area contributed by atoms with Crippen LogP contribution in [0.2, 0.25) is 0 Å². The van der Waals surface area contributed by atoms with Crippen LogP contribution in [0.3, 0.4) is 0 Å². The molecule has 2 amide bonds. The van der Waals surface area contributed by atoms with Crippen molar-refractivity contribution in [2.45, 2.75) is 87.6 Å². The average molecular weight is 793 g/mol. The second-order valence-corrected chi connectivity index (χ2v) is 17.2. The maximum absolute atomic E-state index is 14.1. The van der Waals surface area contributed by atoms with E-state index >= 15 is 0 Å². The van der Waals surface area contributed by atoms with Gasteiger partial charge in [0.25, 0.3) is 11.8 Å². The fourth-order valence-electron chi connectivity index (χ4n) is 7.94. The fourth-order valence-corrected chi connectivity index (χ4v) is 9.92. The average Bonchev–Trinajstić information content (AvgIpc) is 4.06. The minimum atomic E-state index is -3.99. The number of sulfonamides is 1. The van der Waals surface area contributed by atoms with Crippen LogP contribution in [0.15, 0.2) is 95.9 Å². The molecule has 7 rings (SSSR count). The van der Waals surface area contributed by atoms with Crippen molar-refractivity contribution in [2.24, 2.45) is 5.92 Å². The minimum Gasteiger partial charge on any atom is -0.481 e. The van der Waals surface area contributed by atoms with Crippen molar-refractivity contribution in [1.29, 1.82) is 0 Å². The van der Waals surface area contributed by atoms with Crippen molar-refractivity contribution in [3.63, 3.8) is 0 Å². The summed E-state index contributed by atoms with van der Waals surface area (Å²) in [6, 6.07) is 25.2. The van der Waals surface area contributed by atoms with E-state index in [0.717, 1.165) is 74.8 Å². The van der Waals surface area contributed by atoms with Crippen LogP contribution in [0.5, 0.6) is 0 Å². The molecule has 0 atom stereocenters. The summed E-state index contributed by atoms with van der Waals surface area (Å²) in [6.45, 7) is 1.72. The molecule has 13 heteroatoms. The third kappa shape index (κ3) is 9.54. The number of hydrogen-bond acceptors (Lipinski definition) is 7. The molecule has 0 spiro atoms. The predicted molar refractivity (Wildman–Crippen MR) is 218 cm³/mol. The van der Waals surface area contributed by atoms with Gasteiger partial charge in [0.2, 0.25) is 10.0 Å². The van der Waals surface area contributed by atoms with Crippen molar-refractivity contribution in [3.8, 4) is 0 Å². The molecule has 2 aliphatic carbocycles. The third-order valence-corrected chi connectivity index (χ3v) is 13.3. The number of carboxylic acids is 2. The summed E-state index contributed by atoms with van der Waals surface area (Å²) < 4.78 is 29.8. The van der Waals surface area contributed by atoms with E-state index in [1.54, 1.807) is 40.7 Å². The lowest BCUT2D eigenvalue weighted by molar-refractivity contribution is -0.143. The molecule has 0 bridgehead atoms. The zero-order chi connectivity index (χ0) is 40.1. The highest BCUT2D eigenvalue weighted by atomic mass is 32.2. The summed E-state index contributed by atoms with van der Waals surface area (Å²) in [6.07, 6.45) is 7.96. The van der Waals surface area contributed by atoms with E-state index in [2.05, 4.69) is 15.5 Å². The van der Waals surface area contributed by atoms with Crippen LogP contribution in [0.1, 0.15) is 100.0 Å². The molecule has 57 heavy (non-hydrogen) atoms. The smallest absolute Gasteiger partial charge is 0.335 e. The van der Waals surface area contributed by atoms with Gasteiger partial charge in [0.05, 0.1) is 27.6 Å².